The molecule has 0 bridgehead atoms. The van der Waals surface area contributed by atoms with Crippen molar-refractivity contribution in [2.45, 2.75) is 122 Å². The van der Waals surface area contributed by atoms with Crippen LogP contribution in [0.1, 0.15) is 72.6 Å². The lowest BCUT2D eigenvalue weighted by molar-refractivity contribution is -0.173. The Balaban J connectivity index is 0.866. The molecule has 0 unspecified atom stereocenters. The first-order valence-corrected chi connectivity index (χ1v) is 32.9. The number of nitrogens with two attached hydrogens (primary N) is 2. The molecular formula is C62H71N11O18P2. The van der Waals surface area contributed by atoms with Crippen LogP contribution < -0.4 is 30.7 Å². The van der Waals surface area contributed by atoms with Crippen molar-refractivity contribution in [3.05, 3.63) is 133 Å². The van der Waals surface area contributed by atoms with E-state index in [-0.39, 0.29) is 71.0 Å². The van der Waals surface area contributed by atoms with Crippen molar-refractivity contribution >= 4 is 83.6 Å². The smallest absolute Gasteiger partial charge is 0.459 e. The van der Waals surface area contributed by atoms with E-state index in [0.29, 0.717) is 16.2 Å². The molecule has 2 saturated heterocycles. The van der Waals surface area contributed by atoms with Gasteiger partial charge in [0.2, 0.25) is 5.60 Å². The molecule has 2 aliphatic heterocycles. The van der Waals surface area contributed by atoms with Gasteiger partial charge in [0.05, 0.1) is 49.7 Å². The Bertz CT molecular complexity index is 4250. The number of carbonyl (C=O) groups is 4. The van der Waals surface area contributed by atoms with Crippen LogP contribution in [0.15, 0.2) is 116 Å². The Morgan fingerprint density at radius 2 is 1.23 bits per heavy atom. The zero-order valence-electron chi connectivity index (χ0n) is 51.9. The Labute approximate surface area is 533 Å². The van der Waals surface area contributed by atoms with Crippen molar-refractivity contribution in [1.29, 1.82) is 5.26 Å². The number of aliphatic hydroxyl groups is 2. The SMILES string of the molecule is CCOC(=O)[C@H](C)N[P@](=O)(OC[C@H]1O[C@@](C)(c2ccc3c(N)nc(CCOC(=O)[C@H](C)N[P@](=O)(OC[C@H]4O[C@@](C#N)(c5ccc6c(N)ncnn56)[C@H](OC(=O)C(C)C)[C@@H]4OC(=O)C(C)C)Oc4cccc5ccccc45)nn23)[C@H](O)[C@@H]1O)Oc1cccc2ccccc12. The first-order valence-electron chi connectivity index (χ1n) is 29.8. The number of aromatic nitrogens is 6. The number of anilines is 2. The predicted molar refractivity (Wildman–Crippen MR) is 333 cm³/mol. The summed E-state index contributed by atoms with van der Waals surface area (Å²) in [6, 6.07) is 29.9. The van der Waals surface area contributed by atoms with Crippen LogP contribution in [-0.4, -0.2) is 138 Å². The number of carbonyl (C=O) groups excluding carboxylic acids is 4. The second-order valence-electron chi connectivity index (χ2n) is 23.0. The number of nitrogens with zero attached hydrogens (tertiary/aromatic N) is 7. The topological polar surface area (TPSA) is 395 Å². The highest BCUT2D eigenvalue weighted by atomic mass is 31.2. The average molecular weight is 1320 g/mol. The van der Waals surface area contributed by atoms with E-state index in [9.17, 15) is 39.2 Å². The van der Waals surface area contributed by atoms with Crippen molar-refractivity contribution in [3.63, 3.8) is 0 Å². The van der Waals surface area contributed by atoms with Crippen molar-refractivity contribution in [2.75, 3.05) is 37.9 Å². The molecule has 0 amide bonds. The average Bonchev–Trinajstić information content (AvgIpc) is 1.59. The molecule has 4 aromatic heterocycles. The van der Waals surface area contributed by atoms with Gasteiger partial charge in [-0.3, -0.25) is 28.2 Å². The van der Waals surface area contributed by atoms with Crippen LogP contribution >= 0.6 is 15.5 Å². The molecule has 2 fully saturated rings. The summed E-state index contributed by atoms with van der Waals surface area (Å²) >= 11 is 0. The summed E-state index contributed by atoms with van der Waals surface area (Å²) in [6.45, 7) is 10.4. The number of hydrogen-bond acceptors (Lipinski definition) is 25. The number of nitrogens with one attached hydrogen (secondary N) is 2. The molecule has 93 heavy (non-hydrogen) atoms. The minimum atomic E-state index is -4.86. The third kappa shape index (κ3) is 13.9. The summed E-state index contributed by atoms with van der Waals surface area (Å²) < 4.78 is 92.9. The predicted octanol–water partition coefficient (Wildman–Crippen LogP) is 6.54. The molecule has 8 aromatic rings. The standard InChI is InChI=1S/C62H71N11O18P2/c1-9-82-59(78)36(6)70-92(80,90-44-22-14-18-38-16-10-12-20-40(38)44)84-30-46-51(74)53(75)61(8,88-46)48-26-24-43-56(65)68-50(69-73(43)48)28-29-83-60(79)37(7)71-93(81,91-45-23-15-19-39-17-11-13-21-41(39)45)85-31-47-52(86-57(76)34(2)3)54(87-58(77)35(4)5)62(32-63,89-47)49-27-25-42-55(64)66-33-67-72(42)49/h10-27,33-37,46-47,51-54,74-75H,9,28-31H2,1-8H3,(H,70,80)(H,71,81)(H2,64,66,67)(H2,65,68,69)/t36-,37-,46+,47+,51+,52+,53+,54+,61-,62-,92-,93-/m0/s1. The number of rotatable bonds is 26. The fraction of sp³-hybridized carbons (Fsp3) is 0.403. The van der Waals surface area contributed by atoms with Crippen LogP contribution in [-0.2, 0) is 83.4 Å². The number of esters is 4. The summed E-state index contributed by atoms with van der Waals surface area (Å²) in [5, 5.41) is 51.2. The third-order valence-electron chi connectivity index (χ3n) is 15.6. The summed E-state index contributed by atoms with van der Waals surface area (Å²) in [5.41, 5.74) is 9.36. The van der Waals surface area contributed by atoms with Gasteiger partial charge in [-0.1, -0.05) is 100 Å². The van der Waals surface area contributed by atoms with Gasteiger partial charge in [-0.25, -0.2) is 28.1 Å². The highest BCUT2D eigenvalue weighted by molar-refractivity contribution is 7.52. The Morgan fingerprint density at radius 1 is 0.688 bits per heavy atom. The van der Waals surface area contributed by atoms with Gasteiger partial charge in [-0.2, -0.15) is 25.6 Å². The molecule has 0 radical (unpaired) electrons. The summed E-state index contributed by atoms with van der Waals surface area (Å²) in [7, 11) is -9.37. The van der Waals surface area contributed by atoms with Gasteiger partial charge < -0.3 is 59.1 Å². The summed E-state index contributed by atoms with van der Waals surface area (Å²) in [6.07, 6.45) is -8.50. The lowest BCUT2D eigenvalue weighted by atomic mass is 9.92. The van der Waals surface area contributed by atoms with Crippen molar-refractivity contribution in [3.8, 4) is 17.6 Å². The minimum Gasteiger partial charge on any atom is -0.465 e. The lowest BCUT2D eigenvalue weighted by Crippen LogP contribution is -2.47. The van der Waals surface area contributed by atoms with Crippen LogP contribution in [0.25, 0.3) is 32.6 Å². The number of hydrogen-bond donors (Lipinski definition) is 6. The van der Waals surface area contributed by atoms with Crippen molar-refractivity contribution in [2.24, 2.45) is 11.8 Å². The molecule has 2 aliphatic rings. The molecule has 8 N–H and O–H groups in total. The molecule has 4 aromatic carbocycles. The Morgan fingerprint density at radius 3 is 1.81 bits per heavy atom. The molecule has 10 rings (SSSR count). The third-order valence-corrected chi connectivity index (χ3v) is 18.9. The number of nitriles is 1. The van der Waals surface area contributed by atoms with Crippen LogP contribution in [0.3, 0.4) is 0 Å². The van der Waals surface area contributed by atoms with Gasteiger partial charge in [0.1, 0.15) is 77.0 Å². The Kier molecular flexibility index (Phi) is 19.9. The quantitative estimate of drug-likeness (QED) is 0.0190. The summed E-state index contributed by atoms with van der Waals surface area (Å²) in [5.74, 6) is -4.43. The fourth-order valence-corrected chi connectivity index (χ4v) is 13.8. The van der Waals surface area contributed by atoms with E-state index in [1.165, 1.54) is 48.0 Å². The van der Waals surface area contributed by atoms with Gasteiger partial charge in [0.25, 0.3) is 0 Å². The molecule has 31 heteroatoms. The largest absolute Gasteiger partial charge is 0.465 e. The maximum atomic E-state index is 15.5. The fourth-order valence-electron chi connectivity index (χ4n) is 10.8. The number of ether oxygens (including phenoxy) is 6. The van der Waals surface area contributed by atoms with Crippen molar-refractivity contribution in [1.82, 2.24) is 39.4 Å². The van der Waals surface area contributed by atoms with E-state index < -0.39 is 124 Å². The minimum absolute atomic E-state index is 0.00964. The number of benzene rings is 4. The highest BCUT2D eigenvalue weighted by Crippen LogP contribution is 2.51. The van der Waals surface area contributed by atoms with Gasteiger partial charge >= 0.3 is 39.4 Å². The van der Waals surface area contributed by atoms with E-state index in [4.69, 9.17) is 58.0 Å². The molecule has 0 spiro atoms. The molecule has 12 atom stereocenters. The number of fused-ring (bicyclic) bond motifs is 4. The van der Waals surface area contributed by atoms with Crippen LogP contribution in [0.4, 0.5) is 11.6 Å². The van der Waals surface area contributed by atoms with Gasteiger partial charge in [0, 0.05) is 17.2 Å². The van der Waals surface area contributed by atoms with E-state index in [2.05, 4.69) is 36.4 Å². The van der Waals surface area contributed by atoms with Crippen LogP contribution in [0.2, 0.25) is 0 Å². The zero-order chi connectivity index (χ0) is 66.7. The van der Waals surface area contributed by atoms with E-state index >= 15 is 4.57 Å². The highest BCUT2D eigenvalue weighted by Gasteiger charge is 2.63. The number of aliphatic hydroxyl groups excluding tert-OH is 2. The molecular weight excluding hydrogens is 1250 g/mol. The van der Waals surface area contributed by atoms with E-state index in [1.807, 2.05) is 18.2 Å². The maximum absolute atomic E-state index is 15.5. The second-order valence-corrected chi connectivity index (χ2v) is 26.3. The molecule has 0 saturated carbocycles. The molecule has 492 valence electrons. The zero-order valence-corrected chi connectivity index (χ0v) is 53.7. The first kappa shape index (κ1) is 67.2. The van der Waals surface area contributed by atoms with Crippen molar-refractivity contribution < 1.29 is 85.0 Å². The van der Waals surface area contributed by atoms with Gasteiger partial charge in [0.15, 0.2) is 29.7 Å². The number of nitrogen functional groups attached to an aromatic ring is 2. The van der Waals surface area contributed by atoms with Gasteiger partial charge in [-0.15, -0.1) is 0 Å². The monoisotopic (exact) mass is 1320 g/mol. The van der Waals surface area contributed by atoms with E-state index in [0.717, 1.165) is 11.7 Å². The second kappa shape index (κ2) is 27.5. The van der Waals surface area contributed by atoms with Crippen LogP contribution in [0.5, 0.6) is 11.5 Å². The van der Waals surface area contributed by atoms with Crippen LogP contribution in [0, 0.1) is 23.2 Å². The maximum Gasteiger partial charge on any atom is 0.459 e. The summed E-state index contributed by atoms with van der Waals surface area (Å²) in [4.78, 5) is 62.3. The lowest BCUT2D eigenvalue weighted by Gasteiger charge is -2.29. The first-order chi connectivity index (χ1) is 44.3. The Hall–Kier alpha value is -8.65. The van der Waals surface area contributed by atoms with Gasteiger partial charge in [-0.05, 0) is 74.9 Å². The molecule has 6 heterocycles. The van der Waals surface area contributed by atoms with E-state index in [1.54, 1.807) is 107 Å². The normalized spacial score (nSPS) is 23.3. The molecule has 0 aliphatic carbocycles. The molecule has 29 nitrogen and oxygen atoms in total.